The van der Waals surface area contributed by atoms with E-state index in [1.807, 2.05) is 0 Å². The molecule has 0 saturated heterocycles. The molecule has 3 N–H and O–H groups in total. The Balaban J connectivity index is 2.40. The highest BCUT2D eigenvalue weighted by molar-refractivity contribution is 5.88. The minimum absolute atomic E-state index is 0.0244. The molecular formula is C15H19NO4. The largest absolute Gasteiger partial charge is 0.480 e. The van der Waals surface area contributed by atoms with Gasteiger partial charge in [0, 0.05) is 0 Å². The summed E-state index contributed by atoms with van der Waals surface area (Å²) in [5.74, 6) is -2.19. The van der Waals surface area contributed by atoms with Gasteiger partial charge in [0.1, 0.15) is 11.1 Å². The molecule has 0 spiro atoms. The summed E-state index contributed by atoms with van der Waals surface area (Å²) in [6.07, 6.45) is 0.0244. The summed E-state index contributed by atoms with van der Waals surface area (Å²) in [4.78, 5) is 23.7. The van der Waals surface area contributed by atoms with E-state index in [0.29, 0.717) is 11.1 Å². The van der Waals surface area contributed by atoms with Gasteiger partial charge in [-0.15, -0.1) is 0 Å². The molecule has 2 atom stereocenters. The van der Waals surface area contributed by atoms with Gasteiger partial charge in [-0.1, -0.05) is 24.3 Å². The molecule has 0 heterocycles. The second-order valence-corrected chi connectivity index (χ2v) is 6.15. The quantitative estimate of drug-likeness (QED) is 0.804. The Labute approximate surface area is 117 Å². The molecule has 0 fully saturated rings. The number of benzene rings is 1. The van der Waals surface area contributed by atoms with Gasteiger partial charge in [-0.3, -0.25) is 4.79 Å². The molecule has 1 aromatic carbocycles. The number of aliphatic carboxylic acids is 1. The van der Waals surface area contributed by atoms with Crippen LogP contribution >= 0.6 is 0 Å². The molecular weight excluding hydrogens is 258 g/mol. The van der Waals surface area contributed by atoms with Crippen LogP contribution < -0.4 is 5.73 Å². The van der Waals surface area contributed by atoms with Crippen molar-refractivity contribution >= 4 is 11.9 Å². The molecule has 0 aliphatic heterocycles. The van der Waals surface area contributed by atoms with Crippen LogP contribution in [0.25, 0.3) is 0 Å². The van der Waals surface area contributed by atoms with E-state index in [1.54, 1.807) is 45.0 Å². The molecule has 5 heteroatoms. The van der Waals surface area contributed by atoms with Crippen molar-refractivity contribution in [1.82, 2.24) is 0 Å². The van der Waals surface area contributed by atoms with Gasteiger partial charge in [-0.2, -0.15) is 0 Å². The van der Waals surface area contributed by atoms with Crippen molar-refractivity contribution in [3.63, 3.8) is 0 Å². The summed E-state index contributed by atoms with van der Waals surface area (Å²) >= 11 is 0. The Morgan fingerprint density at radius 2 is 1.95 bits per heavy atom. The number of nitrogens with two attached hydrogens (primary N) is 1. The Morgan fingerprint density at radius 3 is 2.50 bits per heavy atom. The van der Waals surface area contributed by atoms with E-state index in [9.17, 15) is 14.7 Å². The zero-order chi connectivity index (χ0) is 15.1. The molecule has 0 amide bonds. The average Bonchev–Trinajstić information content (AvgIpc) is 2.63. The van der Waals surface area contributed by atoms with Crippen LogP contribution in [0, 0.1) is 0 Å². The maximum absolute atomic E-state index is 12.3. The Bertz CT molecular complexity index is 561. The van der Waals surface area contributed by atoms with E-state index in [2.05, 4.69) is 0 Å². The highest BCUT2D eigenvalue weighted by atomic mass is 16.6. The zero-order valence-electron chi connectivity index (χ0n) is 11.8. The first-order valence-corrected chi connectivity index (χ1v) is 6.50. The van der Waals surface area contributed by atoms with Gasteiger partial charge in [0.15, 0.2) is 0 Å². The summed E-state index contributed by atoms with van der Waals surface area (Å²) in [7, 11) is 0. The van der Waals surface area contributed by atoms with E-state index in [-0.39, 0.29) is 6.42 Å². The molecule has 0 radical (unpaired) electrons. The normalized spacial score (nSPS) is 25.1. The third-order valence-electron chi connectivity index (χ3n) is 3.42. The van der Waals surface area contributed by atoms with Gasteiger partial charge < -0.3 is 15.6 Å². The minimum Gasteiger partial charge on any atom is -0.480 e. The molecule has 5 nitrogen and oxygen atoms in total. The number of hydrogen-bond acceptors (Lipinski definition) is 4. The lowest BCUT2D eigenvalue weighted by Gasteiger charge is -2.23. The summed E-state index contributed by atoms with van der Waals surface area (Å²) in [5, 5.41) is 9.37. The van der Waals surface area contributed by atoms with Gasteiger partial charge >= 0.3 is 11.9 Å². The van der Waals surface area contributed by atoms with Crippen LogP contribution in [0.1, 0.15) is 44.2 Å². The lowest BCUT2D eigenvalue weighted by atomic mass is 9.93. The maximum Gasteiger partial charge on any atom is 0.328 e. The lowest BCUT2D eigenvalue weighted by molar-refractivity contribution is -0.157. The molecule has 0 saturated carbocycles. The second kappa shape index (κ2) is 4.59. The summed E-state index contributed by atoms with van der Waals surface area (Å²) in [6, 6.07) is 6.89. The van der Waals surface area contributed by atoms with Gasteiger partial charge in [-0.05, 0) is 38.3 Å². The molecule has 0 bridgehead atoms. The Kier molecular flexibility index (Phi) is 3.34. The maximum atomic E-state index is 12.3. The molecule has 20 heavy (non-hydrogen) atoms. The monoisotopic (exact) mass is 277 g/mol. The van der Waals surface area contributed by atoms with Crippen molar-refractivity contribution in [1.29, 1.82) is 0 Å². The average molecular weight is 277 g/mol. The zero-order valence-corrected chi connectivity index (χ0v) is 11.8. The first-order chi connectivity index (χ1) is 9.15. The van der Waals surface area contributed by atoms with E-state index >= 15 is 0 Å². The molecule has 1 aromatic rings. The number of carboxylic acids is 1. The third kappa shape index (κ3) is 2.41. The molecule has 108 valence electrons. The highest BCUT2D eigenvalue weighted by Gasteiger charge is 2.49. The van der Waals surface area contributed by atoms with Gasteiger partial charge in [0.25, 0.3) is 0 Å². The summed E-state index contributed by atoms with van der Waals surface area (Å²) in [5.41, 5.74) is 4.99. The lowest BCUT2D eigenvalue weighted by Crippen LogP contribution is -2.43. The standard InChI is InChI=1S/C15H19NO4/c1-14(2,3)20-12(17)10-8-15(16,13(18)19)11-7-5-4-6-9(10)11/h4-7,10H,8,16H2,1-3H3,(H,18,19). The van der Waals surface area contributed by atoms with E-state index in [1.165, 1.54) is 0 Å². The fourth-order valence-electron chi connectivity index (χ4n) is 2.53. The van der Waals surface area contributed by atoms with Crippen molar-refractivity contribution in [3.8, 4) is 0 Å². The number of ether oxygens (including phenoxy) is 1. The molecule has 1 aliphatic rings. The number of carboxylic acid groups (broad SMARTS) is 1. The predicted octanol–water partition coefficient (Wildman–Crippen LogP) is 1.75. The fraction of sp³-hybridized carbons (Fsp3) is 0.467. The van der Waals surface area contributed by atoms with Crippen molar-refractivity contribution in [2.24, 2.45) is 5.73 Å². The van der Waals surface area contributed by atoms with Crippen LogP contribution in [-0.2, 0) is 19.9 Å². The van der Waals surface area contributed by atoms with Crippen LogP contribution in [0.5, 0.6) is 0 Å². The van der Waals surface area contributed by atoms with E-state index in [0.717, 1.165) is 0 Å². The van der Waals surface area contributed by atoms with Crippen LogP contribution in [0.2, 0.25) is 0 Å². The summed E-state index contributed by atoms with van der Waals surface area (Å²) < 4.78 is 5.36. The van der Waals surface area contributed by atoms with Crippen molar-refractivity contribution in [2.75, 3.05) is 0 Å². The fourth-order valence-corrected chi connectivity index (χ4v) is 2.53. The second-order valence-electron chi connectivity index (χ2n) is 6.15. The SMILES string of the molecule is CC(C)(C)OC(=O)C1CC(N)(C(=O)O)c2ccccc21. The molecule has 2 rings (SSSR count). The number of carbonyl (C=O) groups is 2. The summed E-state index contributed by atoms with van der Waals surface area (Å²) in [6.45, 7) is 5.33. The van der Waals surface area contributed by atoms with Crippen molar-refractivity contribution < 1.29 is 19.4 Å². The molecule has 0 aromatic heterocycles. The molecule has 2 unspecified atom stereocenters. The number of fused-ring (bicyclic) bond motifs is 1. The Hall–Kier alpha value is -1.88. The van der Waals surface area contributed by atoms with Crippen LogP contribution in [0.3, 0.4) is 0 Å². The van der Waals surface area contributed by atoms with Gasteiger partial charge in [0.2, 0.25) is 0 Å². The van der Waals surface area contributed by atoms with Crippen molar-refractivity contribution in [3.05, 3.63) is 35.4 Å². The smallest absolute Gasteiger partial charge is 0.328 e. The van der Waals surface area contributed by atoms with Crippen LogP contribution in [0.15, 0.2) is 24.3 Å². The first kappa shape index (κ1) is 14.5. The first-order valence-electron chi connectivity index (χ1n) is 6.50. The predicted molar refractivity (Wildman–Crippen MR) is 73.1 cm³/mol. The van der Waals surface area contributed by atoms with Gasteiger partial charge in [0.05, 0.1) is 5.92 Å². The van der Waals surface area contributed by atoms with Crippen LogP contribution in [-0.4, -0.2) is 22.6 Å². The third-order valence-corrected chi connectivity index (χ3v) is 3.42. The van der Waals surface area contributed by atoms with Crippen molar-refractivity contribution in [2.45, 2.75) is 44.2 Å². The minimum atomic E-state index is -1.53. The van der Waals surface area contributed by atoms with Gasteiger partial charge in [-0.25, -0.2) is 4.79 Å². The Morgan fingerprint density at radius 1 is 1.35 bits per heavy atom. The molecule has 1 aliphatic carbocycles. The highest BCUT2D eigenvalue weighted by Crippen LogP contribution is 2.44. The number of rotatable bonds is 2. The number of hydrogen-bond donors (Lipinski definition) is 2. The van der Waals surface area contributed by atoms with E-state index in [4.69, 9.17) is 10.5 Å². The number of esters is 1. The van der Waals surface area contributed by atoms with E-state index < -0.39 is 29.0 Å². The van der Waals surface area contributed by atoms with Crippen LogP contribution in [0.4, 0.5) is 0 Å². The topological polar surface area (TPSA) is 89.6 Å². The number of carbonyl (C=O) groups excluding carboxylic acids is 1.